The molecule has 0 aromatic carbocycles. The van der Waals surface area contributed by atoms with E-state index in [9.17, 15) is 19.2 Å². The maximum absolute atomic E-state index is 13.1. The monoisotopic (exact) mass is 523 g/mol. The first-order valence-corrected chi connectivity index (χ1v) is 13.5. The van der Waals surface area contributed by atoms with Crippen molar-refractivity contribution in [2.75, 3.05) is 13.1 Å². The second-order valence-electron chi connectivity index (χ2n) is 11.4. The van der Waals surface area contributed by atoms with Crippen LogP contribution in [0.4, 0.5) is 4.79 Å². The highest BCUT2D eigenvalue weighted by atomic mass is 16.6. The predicted octanol–water partition coefficient (Wildman–Crippen LogP) is 2.61. The Bertz CT molecular complexity index is 791. The maximum atomic E-state index is 13.1. The number of ether oxygens (including phenoxy) is 1. The molecule has 0 bridgehead atoms. The molecule has 10 nitrogen and oxygen atoms in total. The lowest BCUT2D eigenvalue weighted by molar-refractivity contribution is -0.139. The molecule has 0 spiro atoms. The van der Waals surface area contributed by atoms with Gasteiger partial charge in [-0.1, -0.05) is 26.0 Å². The second-order valence-corrected chi connectivity index (χ2v) is 11.4. The highest BCUT2D eigenvalue weighted by Gasteiger charge is 2.35. The van der Waals surface area contributed by atoms with E-state index in [2.05, 4.69) is 29.8 Å². The number of hydrogen-bond acceptors (Lipinski definition) is 6. The number of nitrogens with two attached hydrogens (primary N) is 1. The Balaban J connectivity index is 2.79. The van der Waals surface area contributed by atoms with Gasteiger partial charge in [-0.15, -0.1) is 0 Å². The first kappa shape index (κ1) is 32.4. The van der Waals surface area contributed by atoms with Gasteiger partial charge in [0.2, 0.25) is 17.7 Å². The Morgan fingerprint density at radius 2 is 1.76 bits per heavy atom. The summed E-state index contributed by atoms with van der Waals surface area (Å²) in [6.45, 7) is 14.1. The number of nitrogens with zero attached hydrogens (tertiary/aromatic N) is 1. The third-order valence-corrected chi connectivity index (χ3v) is 5.72. The van der Waals surface area contributed by atoms with Gasteiger partial charge in [0.05, 0.1) is 6.04 Å². The first-order chi connectivity index (χ1) is 17.2. The largest absolute Gasteiger partial charge is 0.444 e. The zero-order valence-corrected chi connectivity index (χ0v) is 23.8. The summed E-state index contributed by atoms with van der Waals surface area (Å²) in [5.41, 5.74) is 5.01. The number of rotatable bonds is 13. The van der Waals surface area contributed by atoms with Crippen molar-refractivity contribution in [3.63, 3.8) is 0 Å². The zero-order chi connectivity index (χ0) is 28.2. The molecule has 1 rings (SSSR count). The fraction of sp³-hybridized carbons (Fsp3) is 0.778. The van der Waals surface area contributed by atoms with Crippen LogP contribution >= 0.6 is 0 Å². The van der Waals surface area contributed by atoms with E-state index in [1.807, 2.05) is 19.9 Å². The van der Waals surface area contributed by atoms with Crippen LogP contribution in [0.2, 0.25) is 0 Å². The van der Waals surface area contributed by atoms with Crippen molar-refractivity contribution in [1.82, 2.24) is 20.9 Å². The molecule has 0 aromatic heterocycles. The van der Waals surface area contributed by atoms with Crippen LogP contribution in [0.15, 0.2) is 12.2 Å². The molecule has 1 aliphatic heterocycles. The highest BCUT2D eigenvalue weighted by molar-refractivity contribution is 5.92. The van der Waals surface area contributed by atoms with Gasteiger partial charge in [-0.3, -0.25) is 14.4 Å². The van der Waals surface area contributed by atoms with E-state index in [0.717, 1.165) is 6.42 Å². The minimum Gasteiger partial charge on any atom is -0.444 e. The molecule has 3 atom stereocenters. The van der Waals surface area contributed by atoms with Crippen LogP contribution in [-0.2, 0) is 19.1 Å². The second kappa shape index (κ2) is 15.6. The number of carbonyl (C=O) groups excluding carboxylic acids is 4. The fourth-order valence-corrected chi connectivity index (χ4v) is 4.18. The molecule has 1 aliphatic rings. The van der Waals surface area contributed by atoms with Crippen LogP contribution in [0.5, 0.6) is 0 Å². The molecule has 0 unspecified atom stereocenters. The molecule has 1 saturated heterocycles. The summed E-state index contributed by atoms with van der Waals surface area (Å²) >= 11 is 0. The van der Waals surface area contributed by atoms with Gasteiger partial charge in [-0.2, -0.15) is 0 Å². The van der Waals surface area contributed by atoms with Crippen molar-refractivity contribution in [3.8, 4) is 0 Å². The minimum atomic E-state index is -0.688. The Morgan fingerprint density at radius 1 is 1.08 bits per heavy atom. The summed E-state index contributed by atoms with van der Waals surface area (Å²) in [6, 6.07) is -1.63. The Morgan fingerprint density at radius 3 is 2.32 bits per heavy atom. The van der Waals surface area contributed by atoms with Crippen LogP contribution < -0.4 is 21.7 Å². The van der Waals surface area contributed by atoms with Crippen LogP contribution in [0, 0.1) is 5.92 Å². The fourth-order valence-electron chi connectivity index (χ4n) is 4.18. The summed E-state index contributed by atoms with van der Waals surface area (Å²) in [5, 5.41) is 8.53. The van der Waals surface area contributed by atoms with Crippen LogP contribution in [-0.4, -0.2) is 71.6 Å². The minimum absolute atomic E-state index is 0.0505. The molecule has 4 amide bonds. The molecule has 0 aliphatic carbocycles. The Hall–Kier alpha value is -2.62. The van der Waals surface area contributed by atoms with Crippen molar-refractivity contribution < 1.29 is 23.9 Å². The third-order valence-electron chi connectivity index (χ3n) is 5.72. The molecule has 10 heteroatoms. The lowest BCUT2D eigenvalue weighted by Crippen LogP contribution is -2.54. The molecule has 5 N–H and O–H groups in total. The molecule has 212 valence electrons. The number of hydrogen-bond donors (Lipinski definition) is 4. The number of nitrogens with one attached hydrogen (secondary N) is 3. The number of carbonyl (C=O) groups is 4. The number of alkyl carbamates (subject to hydrolysis) is 1. The quantitative estimate of drug-likeness (QED) is 0.273. The summed E-state index contributed by atoms with van der Waals surface area (Å²) < 4.78 is 5.35. The van der Waals surface area contributed by atoms with Crippen LogP contribution in [0.25, 0.3) is 0 Å². The summed E-state index contributed by atoms with van der Waals surface area (Å²) in [6.07, 6.45) is 6.15. The highest BCUT2D eigenvalue weighted by Crippen LogP contribution is 2.19. The van der Waals surface area contributed by atoms with E-state index >= 15 is 0 Å². The average molecular weight is 524 g/mol. The zero-order valence-electron chi connectivity index (χ0n) is 23.8. The van der Waals surface area contributed by atoms with Crippen LogP contribution in [0.1, 0.15) is 87.0 Å². The predicted molar refractivity (Wildman–Crippen MR) is 145 cm³/mol. The summed E-state index contributed by atoms with van der Waals surface area (Å²) in [4.78, 5) is 52.4. The van der Waals surface area contributed by atoms with Gasteiger partial charge in [0, 0.05) is 19.0 Å². The van der Waals surface area contributed by atoms with E-state index in [1.165, 1.54) is 0 Å². The SMILES string of the molecule is CC(C)C[C@@H](/C=C/CC(=O)N1CCC[C@H]1C(=O)N[C@@H](CCCN)C(=O)NC(C)C)NC(=O)OC(C)(C)C. The van der Waals surface area contributed by atoms with Crippen LogP contribution in [0.3, 0.4) is 0 Å². The van der Waals surface area contributed by atoms with Gasteiger partial charge >= 0.3 is 6.09 Å². The van der Waals surface area contributed by atoms with E-state index in [4.69, 9.17) is 10.5 Å². The Labute approximate surface area is 222 Å². The lowest BCUT2D eigenvalue weighted by atomic mass is 10.0. The normalized spacial score (nSPS) is 17.7. The van der Waals surface area contributed by atoms with Crippen molar-refractivity contribution >= 4 is 23.8 Å². The summed E-state index contributed by atoms with van der Waals surface area (Å²) in [7, 11) is 0. The van der Waals surface area contributed by atoms with Gasteiger partial charge in [0.15, 0.2) is 0 Å². The van der Waals surface area contributed by atoms with Gasteiger partial charge in [0.1, 0.15) is 17.7 Å². The third kappa shape index (κ3) is 13.0. The summed E-state index contributed by atoms with van der Waals surface area (Å²) in [5.74, 6) is -0.406. The molecule has 1 fully saturated rings. The van der Waals surface area contributed by atoms with Crippen molar-refractivity contribution in [3.05, 3.63) is 12.2 Å². The molecule has 0 aromatic rings. The molecule has 1 heterocycles. The van der Waals surface area contributed by atoms with E-state index in [-0.39, 0.29) is 36.2 Å². The first-order valence-electron chi connectivity index (χ1n) is 13.5. The topological polar surface area (TPSA) is 143 Å². The smallest absolute Gasteiger partial charge is 0.408 e. The van der Waals surface area contributed by atoms with Gasteiger partial charge in [-0.05, 0) is 79.2 Å². The van der Waals surface area contributed by atoms with Gasteiger partial charge in [-0.25, -0.2) is 4.79 Å². The van der Waals surface area contributed by atoms with Gasteiger partial charge in [0.25, 0.3) is 0 Å². The van der Waals surface area contributed by atoms with Crippen molar-refractivity contribution in [2.45, 2.75) is 117 Å². The molecular weight excluding hydrogens is 474 g/mol. The molecule has 0 saturated carbocycles. The Kier molecular flexibility index (Phi) is 13.7. The average Bonchev–Trinajstić information content (AvgIpc) is 3.24. The lowest BCUT2D eigenvalue weighted by Gasteiger charge is -2.26. The van der Waals surface area contributed by atoms with Gasteiger partial charge < -0.3 is 31.3 Å². The molecule has 0 radical (unpaired) electrons. The van der Waals surface area contributed by atoms with Crippen molar-refractivity contribution in [1.29, 1.82) is 0 Å². The van der Waals surface area contributed by atoms with E-state index in [0.29, 0.717) is 44.7 Å². The van der Waals surface area contributed by atoms with E-state index < -0.39 is 23.8 Å². The molecule has 37 heavy (non-hydrogen) atoms. The standard InChI is InChI=1S/C27H49N5O5/c1-18(2)17-20(30-26(36)37-27(5,6)7)11-8-14-23(33)32-16-10-13-22(32)25(35)31-21(12-9-15-28)24(34)29-19(3)4/h8,11,18-22H,9-10,12-17,28H2,1-7H3,(H,29,34)(H,30,36)(H,31,35)/b11-8+/t20-,21+,22+/m1/s1. The number of amides is 4. The van der Waals surface area contributed by atoms with Crippen molar-refractivity contribution in [2.24, 2.45) is 11.7 Å². The maximum Gasteiger partial charge on any atom is 0.408 e. The molecular formula is C27H49N5O5. The number of likely N-dealkylation sites (tertiary alicyclic amines) is 1. The van der Waals surface area contributed by atoms with E-state index in [1.54, 1.807) is 31.7 Å².